The van der Waals surface area contributed by atoms with Gasteiger partial charge >= 0.3 is 0 Å². The number of carbonyl (C=O) groups excluding carboxylic acids is 2. The zero-order valence-corrected chi connectivity index (χ0v) is 10.7. The van der Waals surface area contributed by atoms with E-state index in [2.05, 4.69) is 0 Å². The number of benzene rings is 1. The molecule has 2 N–H and O–H groups in total. The summed E-state index contributed by atoms with van der Waals surface area (Å²) >= 11 is 6.03. The van der Waals surface area contributed by atoms with Crippen LogP contribution in [0.1, 0.15) is 40.0 Å². The first-order chi connectivity index (χ1) is 8.61. The molecule has 0 bridgehead atoms. The number of rotatable bonds is 2. The second-order valence-corrected chi connectivity index (χ2v) is 4.79. The van der Waals surface area contributed by atoms with Crippen molar-refractivity contribution in [1.82, 2.24) is 4.90 Å². The maximum Gasteiger partial charge on any atom is 0.256 e. The molecule has 1 aromatic rings. The number of carbonyl (C=O) groups is 2. The Bertz CT molecular complexity index is 482. The van der Waals surface area contributed by atoms with Crippen molar-refractivity contribution < 1.29 is 9.59 Å². The van der Waals surface area contributed by atoms with Crippen LogP contribution in [-0.2, 0) is 0 Å². The number of piperidine rings is 1. The lowest BCUT2D eigenvalue weighted by Gasteiger charge is -2.27. The van der Waals surface area contributed by atoms with Gasteiger partial charge in [0.25, 0.3) is 5.91 Å². The van der Waals surface area contributed by atoms with E-state index in [9.17, 15) is 9.59 Å². The molecule has 1 aliphatic rings. The summed E-state index contributed by atoms with van der Waals surface area (Å²) in [4.78, 5) is 25.5. The SMILES string of the molecule is NC(=O)c1cccc(Cl)c1C(=O)N1CCCCC1. The third-order valence-electron chi connectivity index (χ3n) is 3.14. The van der Waals surface area contributed by atoms with Crippen molar-refractivity contribution in [3.05, 3.63) is 34.3 Å². The molecule has 4 nitrogen and oxygen atoms in total. The summed E-state index contributed by atoms with van der Waals surface area (Å²) in [6.07, 6.45) is 3.11. The minimum absolute atomic E-state index is 0.193. The van der Waals surface area contributed by atoms with Crippen LogP contribution in [0.15, 0.2) is 18.2 Å². The van der Waals surface area contributed by atoms with Crippen molar-refractivity contribution in [1.29, 1.82) is 0 Å². The average Bonchev–Trinajstić information content (AvgIpc) is 2.38. The van der Waals surface area contributed by atoms with Gasteiger partial charge in [-0.2, -0.15) is 0 Å². The summed E-state index contributed by atoms with van der Waals surface area (Å²) < 4.78 is 0. The van der Waals surface area contributed by atoms with Crippen LogP contribution < -0.4 is 5.73 Å². The summed E-state index contributed by atoms with van der Waals surface area (Å²) in [6.45, 7) is 1.42. The Morgan fingerprint density at radius 1 is 1.17 bits per heavy atom. The van der Waals surface area contributed by atoms with E-state index in [1.54, 1.807) is 17.0 Å². The highest BCUT2D eigenvalue weighted by atomic mass is 35.5. The zero-order chi connectivity index (χ0) is 13.1. The number of nitrogens with two attached hydrogens (primary N) is 1. The van der Waals surface area contributed by atoms with Crippen LogP contribution in [-0.4, -0.2) is 29.8 Å². The second-order valence-electron chi connectivity index (χ2n) is 4.38. The van der Waals surface area contributed by atoms with Gasteiger partial charge in [-0.3, -0.25) is 9.59 Å². The van der Waals surface area contributed by atoms with Gasteiger partial charge in [0.1, 0.15) is 0 Å². The molecule has 1 heterocycles. The first-order valence-electron chi connectivity index (χ1n) is 5.99. The number of nitrogens with zero attached hydrogens (tertiary/aromatic N) is 1. The van der Waals surface area contributed by atoms with Crippen molar-refractivity contribution >= 4 is 23.4 Å². The molecular weight excluding hydrogens is 252 g/mol. The third kappa shape index (κ3) is 2.48. The average molecular weight is 267 g/mol. The smallest absolute Gasteiger partial charge is 0.256 e. The summed E-state index contributed by atoms with van der Waals surface area (Å²) in [5.41, 5.74) is 5.71. The van der Waals surface area contributed by atoms with E-state index in [1.807, 2.05) is 0 Å². The molecule has 0 saturated carbocycles. The molecule has 96 valence electrons. The summed E-state index contributed by atoms with van der Waals surface area (Å²) in [7, 11) is 0. The summed E-state index contributed by atoms with van der Waals surface area (Å²) in [5, 5.41) is 0.280. The Morgan fingerprint density at radius 2 is 1.83 bits per heavy atom. The van der Waals surface area contributed by atoms with Crippen LogP contribution in [0.5, 0.6) is 0 Å². The van der Waals surface area contributed by atoms with Gasteiger partial charge in [-0.05, 0) is 31.4 Å². The molecule has 0 aromatic heterocycles. The number of likely N-dealkylation sites (tertiary alicyclic amines) is 1. The standard InChI is InChI=1S/C13H15ClN2O2/c14-10-6-4-5-9(12(15)17)11(10)13(18)16-7-2-1-3-8-16/h4-6H,1-3,7-8H2,(H2,15,17). The van der Waals surface area contributed by atoms with Gasteiger partial charge in [-0.15, -0.1) is 0 Å². The van der Waals surface area contributed by atoms with Crippen LogP contribution in [0.3, 0.4) is 0 Å². The molecular formula is C13H15ClN2O2. The van der Waals surface area contributed by atoms with Crippen LogP contribution in [0.25, 0.3) is 0 Å². The van der Waals surface area contributed by atoms with Crippen LogP contribution in [0.4, 0.5) is 0 Å². The van der Waals surface area contributed by atoms with Gasteiger partial charge < -0.3 is 10.6 Å². The lowest BCUT2D eigenvalue weighted by atomic mass is 10.0. The number of halogens is 1. The van der Waals surface area contributed by atoms with E-state index in [4.69, 9.17) is 17.3 Å². The van der Waals surface area contributed by atoms with E-state index >= 15 is 0 Å². The molecule has 0 unspecified atom stereocenters. The van der Waals surface area contributed by atoms with E-state index in [-0.39, 0.29) is 22.1 Å². The predicted octanol–water partition coefficient (Wildman–Crippen LogP) is 2.07. The first-order valence-corrected chi connectivity index (χ1v) is 6.36. The normalized spacial score (nSPS) is 15.5. The van der Waals surface area contributed by atoms with Crippen molar-refractivity contribution in [3.8, 4) is 0 Å². The van der Waals surface area contributed by atoms with Gasteiger partial charge in [0, 0.05) is 13.1 Å². The van der Waals surface area contributed by atoms with Crippen molar-refractivity contribution in [2.24, 2.45) is 5.73 Å². The van der Waals surface area contributed by atoms with Gasteiger partial charge in [0.2, 0.25) is 5.91 Å². The molecule has 0 spiro atoms. The van der Waals surface area contributed by atoms with E-state index in [0.29, 0.717) is 13.1 Å². The topological polar surface area (TPSA) is 63.4 Å². The fourth-order valence-electron chi connectivity index (χ4n) is 2.20. The molecule has 2 rings (SSSR count). The molecule has 1 fully saturated rings. The number of hydrogen-bond acceptors (Lipinski definition) is 2. The summed E-state index contributed by atoms with van der Waals surface area (Å²) in [6, 6.07) is 4.76. The molecule has 18 heavy (non-hydrogen) atoms. The molecule has 2 amide bonds. The largest absolute Gasteiger partial charge is 0.366 e. The van der Waals surface area contributed by atoms with Crippen molar-refractivity contribution in [2.45, 2.75) is 19.3 Å². The Morgan fingerprint density at radius 3 is 2.44 bits per heavy atom. The van der Waals surface area contributed by atoms with Crippen molar-refractivity contribution in [2.75, 3.05) is 13.1 Å². The van der Waals surface area contributed by atoms with E-state index < -0.39 is 5.91 Å². The molecule has 0 atom stereocenters. The van der Waals surface area contributed by atoms with E-state index in [0.717, 1.165) is 19.3 Å². The minimum atomic E-state index is -0.627. The zero-order valence-electron chi connectivity index (χ0n) is 9.99. The Balaban J connectivity index is 2.36. The second kappa shape index (κ2) is 5.40. The van der Waals surface area contributed by atoms with Crippen LogP contribution in [0.2, 0.25) is 5.02 Å². The number of primary amides is 1. The highest BCUT2D eigenvalue weighted by Crippen LogP contribution is 2.23. The Kier molecular flexibility index (Phi) is 3.87. The minimum Gasteiger partial charge on any atom is -0.366 e. The predicted molar refractivity (Wildman–Crippen MR) is 69.7 cm³/mol. The maximum atomic E-state index is 12.4. The van der Waals surface area contributed by atoms with Crippen LogP contribution in [0, 0.1) is 0 Å². The fourth-order valence-corrected chi connectivity index (χ4v) is 2.46. The molecule has 1 saturated heterocycles. The van der Waals surface area contributed by atoms with Gasteiger partial charge in [0.05, 0.1) is 16.1 Å². The summed E-state index contributed by atoms with van der Waals surface area (Å²) in [5.74, 6) is -0.827. The number of hydrogen-bond donors (Lipinski definition) is 1. The monoisotopic (exact) mass is 266 g/mol. The lowest BCUT2D eigenvalue weighted by molar-refractivity contribution is 0.0720. The molecule has 1 aliphatic heterocycles. The molecule has 5 heteroatoms. The quantitative estimate of drug-likeness (QED) is 0.891. The highest BCUT2D eigenvalue weighted by Gasteiger charge is 2.24. The third-order valence-corrected chi connectivity index (χ3v) is 3.45. The molecule has 0 radical (unpaired) electrons. The Hall–Kier alpha value is -1.55. The van der Waals surface area contributed by atoms with Gasteiger partial charge in [-0.25, -0.2) is 0 Å². The van der Waals surface area contributed by atoms with Gasteiger partial charge in [0.15, 0.2) is 0 Å². The Labute approximate surface area is 111 Å². The van der Waals surface area contributed by atoms with Crippen molar-refractivity contribution in [3.63, 3.8) is 0 Å². The lowest BCUT2D eigenvalue weighted by Crippen LogP contribution is -2.37. The molecule has 1 aromatic carbocycles. The first kappa shape index (κ1) is 12.9. The molecule has 0 aliphatic carbocycles. The van der Waals surface area contributed by atoms with Crippen LogP contribution >= 0.6 is 11.6 Å². The van der Waals surface area contributed by atoms with Gasteiger partial charge in [-0.1, -0.05) is 17.7 Å². The highest BCUT2D eigenvalue weighted by molar-refractivity contribution is 6.34. The fraction of sp³-hybridized carbons (Fsp3) is 0.385. The number of amides is 2. The maximum absolute atomic E-state index is 12.4. The van der Waals surface area contributed by atoms with E-state index in [1.165, 1.54) is 6.07 Å².